The van der Waals surface area contributed by atoms with Crippen molar-refractivity contribution >= 4 is 9.84 Å². The van der Waals surface area contributed by atoms with Crippen LogP contribution >= 0.6 is 0 Å². The Morgan fingerprint density at radius 2 is 1.88 bits per heavy atom. The Morgan fingerprint density at radius 1 is 1.19 bits per heavy atom. The molecule has 0 bridgehead atoms. The standard InChI is InChI=1S/C12H14O3S/c13-10-5-4-8-12(9-10)16(14,15)11-6-2-1-3-7-11/h1-3,6-7,9-10,13H,4-5,8H2. The van der Waals surface area contributed by atoms with E-state index in [1.165, 1.54) is 6.08 Å². The van der Waals surface area contributed by atoms with Gasteiger partial charge in [0.15, 0.2) is 0 Å². The van der Waals surface area contributed by atoms with Crippen LogP contribution in [0, 0.1) is 0 Å². The number of aliphatic hydroxyl groups is 1. The van der Waals surface area contributed by atoms with Crippen LogP contribution in [0.1, 0.15) is 19.3 Å². The van der Waals surface area contributed by atoms with Crippen LogP contribution in [-0.4, -0.2) is 19.6 Å². The van der Waals surface area contributed by atoms with Gasteiger partial charge in [0.25, 0.3) is 0 Å². The normalized spacial score (nSPS) is 21.6. The Kier molecular flexibility index (Phi) is 3.12. The lowest BCUT2D eigenvalue weighted by molar-refractivity contribution is 0.203. The van der Waals surface area contributed by atoms with Crippen molar-refractivity contribution in [2.75, 3.05) is 0 Å². The van der Waals surface area contributed by atoms with Crippen LogP contribution in [-0.2, 0) is 9.84 Å². The second kappa shape index (κ2) is 4.39. The van der Waals surface area contributed by atoms with E-state index in [1.807, 2.05) is 0 Å². The molecule has 4 heteroatoms. The molecule has 0 amide bonds. The van der Waals surface area contributed by atoms with Gasteiger partial charge in [-0.2, -0.15) is 0 Å². The molecule has 0 radical (unpaired) electrons. The molecule has 1 aromatic rings. The van der Waals surface area contributed by atoms with Crippen LogP contribution in [0.25, 0.3) is 0 Å². The van der Waals surface area contributed by atoms with Gasteiger partial charge in [-0.3, -0.25) is 0 Å². The van der Waals surface area contributed by atoms with E-state index < -0.39 is 15.9 Å². The van der Waals surface area contributed by atoms with E-state index in [0.29, 0.717) is 22.6 Å². The summed E-state index contributed by atoms with van der Waals surface area (Å²) in [5, 5.41) is 9.45. The monoisotopic (exact) mass is 238 g/mol. The summed E-state index contributed by atoms with van der Waals surface area (Å²) in [6.45, 7) is 0. The summed E-state index contributed by atoms with van der Waals surface area (Å²) in [4.78, 5) is 0.646. The van der Waals surface area contributed by atoms with Gasteiger partial charge in [0.2, 0.25) is 9.84 Å². The number of hydrogen-bond acceptors (Lipinski definition) is 3. The Hall–Kier alpha value is -1.13. The van der Waals surface area contributed by atoms with Crippen molar-refractivity contribution in [1.29, 1.82) is 0 Å². The third-order valence-corrected chi connectivity index (χ3v) is 4.62. The molecule has 2 rings (SSSR count). The van der Waals surface area contributed by atoms with Gasteiger partial charge >= 0.3 is 0 Å². The summed E-state index contributed by atoms with van der Waals surface area (Å²) in [7, 11) is -3.39. The van der Waals surface area contributed by atoms with Crippen LogP contribution < -0.4 is 0 Å². The van der Waals surface area contributed by atoms with Crippen molar-refractivity contribution in [3.63, 3.8) is 0 Å². The Bertz CT molecular complexity index is 488. The van der Waals surface area contributed by atoms with Crippen LogP contribution in [0.4, 0.5) is 0 Å². The average molecular weight is 238 g/mol. The van der Waals surface area contributed by atoms with Crippen molar-refractivity contribution in [3.8, 4) is 0 Å². The molecule has 16 heavy (non-hydrogen) atoms. The zero-order chi connectivity index (χ0) is 11.6. The first-order valence-corrected chi connectivity index (χ1v) is 6.78. The number of benzene rings is 1. The zero-order valence-corrected chi connectivity index (χ0v) is 9.65. The minimum atomic E-state index is -3.39. The molecule has 1 unspecified atom stereocenters. The molecule has 1 N–H and O–H groups in total. The van der Waals surface area contributed by atoms with E-state index >= 15 is 0 Å². The number of aliphatic hydroxyl groups excluding tert-OH is 1. The average Bonchev–Trinajstić information content (AvgIpc) is 2.30. The molecular formula is C12H14O3S. The lowest BCUT2D eigenvalue weighted by Crippen LogP contribution is -2.14. The summed E-state index contributed by atoms with van der Waals surface area (Å²) in [5.74, 6) is 0. The highest BCUT2D eigenvalue weighted by atomic mass is 32.2. The van der Waals surface area contributed by atoms with Gasteiger partial charge in [-0.15, -0.1) is 0 Å². The van der Waals surface area contributed by atoms with E-state index in [4.69, 9.17) is 0 Å². The SMILES string of the molecule is O=S(=O)(C1=CC(O)CCC1)c1ccccc1. The van der Waals surface area contributed by atoms with Crippen LogP contribution in [0.5, 0.6) is 0 Å². The highest BCUT2D eigenvalue weighted by Crippen LogP contribution is 2.27. The lowest BCUT2D eigenvalue weighted by atomic mass is 10.1. The second-order valence-electron chi connectivity index (χ2n) is 3.91. The summed E-state index contributed by atoms with van der Waals surface area (Å²) in [6, 6.07) is 8.34. The first-order chi connectivity index (χ1) is 7.60. The molecule has 0 fully saturated rings. The smallest absolute Gasteiger partial charge is 0.202 e. The number of rotatable bonds is 2. The predicted molar refractivity (Wildman–Crippen MR) is 61.6 cm³/mol. The Balaban J connectivity index is 2.40. The van der Waals surface area contributed by atoms with E-state index in [9.17, 15) is 13.5 Å². The van der Waals surface area contributed by atoms with Gasteiger partial charge in [0.05, 0.1) is 11.0 Å². The van der Waals surface area contributed by atoms with Gasteiger partial charge in [0.1, 0.15) is 0 Å². The second-order valence-corrected chi connectivity index (χ2v) is 5.91. The van der Waals surface area contributed by atoms with Gasteiger partial charge in [-0.1, -0.05) is 18.2 Å². The van der Waals surface area contributed by atoms with E-state index in [0.717, 1.165) is 6.42 Å². The molecule has 1 atom stereocenters. The quantitative estimate of drug-likeness (QED) is 0.856. The molecule has 86 valence electrons. The Labute approximate surface area is 95.3 Å². The highest BCUT2D eigenvalue weighted by Gasteiger charge is 2.23. The maximum atomic E-state index is 12.2. The lowest BCUT2D eigenvalue weighted by Gasteiger charge is -2.17. The van der Waals surface area contributed by atoms with Gasteiger partial charge < -0.3 is 5.11 Å². The van der Waals surface area contributed by atoms with Crippen molar-refractivity contribution in [2.24, 2.45) is 0 Å². The van der Waals surface area contributed by atoms with Crippen LogP contribution in [0.3, 0.4) is 0 Å². The molecule has 0 spiro atoms. The van der Waals surface area contributed by atoms with Crippen LogP contribution in [0.15, 0.2) is 46.2 Å². The maximum absolute atomic E-state index is 12.2. The number of sulfone groups is 1. The summed E-state index contributed by atoms with van der Waals surface area (Å²) >= 11 is 0. The molecule has 1 aliphatic rings. The topological polar surface area (TPSA) is 54.4 Å². The number of allylic oxidation sites excluding steroid dienone is 1. The van der Waals surface area contributed by atoms with Crippen molar-refractivity contribution in [2.45, 2.75) is 30.3 Å². The van der Waals surface area contributed by atoms with Crippen molar-refractivity contribution < 1.29 is 13.5 Å². The molecule has 1 aromatic carbocycles. The van der Waals surface area contributed by atoms with Gasteiger partial charge in [-0.05, 0) is 37.5 Å². The van der Waals surface area contributed by atoms with E-state index in [2.05, 4.69) is 0 Å². The molecule has 0 heterocycles. The Morgan fingerprint density at radius 3 is 2.50 bits per heavy atom. The zero-order valence-electron chi connectivity index (χ0n) is 8.83. The third-order valence-electron chi connectivity index (χ3n) is 2.70. The highest BCUT2D eigenvalue weighted by molar-refractivity contribution is 7.95. The van der Waals surface area contributed by atoms with Gasteiger partial charge in [0, 0.05) is 4.91 Å². The van der Waals surface area contributed by atoms with E-state index in [-0.39, 0.29) is 0 Å². The molecule has 1 aliphatic carbocycles. The fourth-order valence-electron chi connectivity index (χ4n) is 1.84. The van der Waals surface area contributed by atoms with Crippen molar-refractivity contribution in [3.05, 3.63) is 41.3 Å². The summed E-state index contributed by atoms with van der Waals surface area (Å²) in [5.41, 5.74) is 0. The number of hydrogen-bond donors (Lipinski definition) is 1. The minimum Gasteiger partial charge on any atom is -0.389 e. The molecule has 0 saturated heterocycles. The molecule has 0 aromatic heterocycles. The fourth-order valence-corrected chi connectivity index (χ4v) is 3.41. The first-order valence-electron chi connectivity index (χ1n) is 5.29. The molecular weight excluding hydrogens is 224 g/mol. The third kappa shape index (κ3) is 2.18. The first kappa shape index (κ1) is 11.4. The molecule has 0 aliphatic heterocycles. The van der Waals surface area contributed by atoms with Crippen LogP contribution in [0.2, 0.25) is 0 Å². The van der Waals surface area contributed by atoms with Gasteiger partial charge in [-0.25, -0.2) is 8.42 Å². The largest absolute Gasteiger partial charge is 0.389 e. The maximum Gasteiger partial charge on any atom is 0.202 e. The summed E-state index contributed by atoms with van der Waals surface area (Å²) in [6.07, 6.45) is 2.73. The minimum absolute atomic E-state index is 0.301. The molecule has 3 nitrogen and oxygen atoms in total. The van der Waals surface area contributed by atoms with Crippen molar-refractivity contribution in [1.82, 2.24) is 0 Å². The van der Waals surface area contributed by atoms with E-state index in [1.54, 1.807) is 30.3 Å². The predicted octanol–water partition coefficient (Wildman–Crippen LogP) is 1.89. The fraction of sp³-hybridized carbons (Fsp3) is 0.333. The summed E-state index contributed by atoms with van der Waals surface area (Å²) < 4.78 is 24.3. The molecule has 0 saturated carbocycles.